The summed E-state index contributed by atoms with van der Waals surface area (Å²) >= 11 is 0. The van der Waals surface area contributed by atoms with Crippen LogP contribution in [-0.4, -0.2) is 113 Å². The summed E-state index contributed by atoms with van der Waals surface area (Å²) in [4.78, 5) is 108. The third kappa shape index (κ3) is 18.8. The van der Waals surface area contributed by atoms with Crippen LogP contribution in [0.15, 0.2) is 72.8 Å². The molecule has 416 valence electrons. The number of anilines is 4. The molecule has 0 fully saturated rings. The van der Waals surface area contributed by atoms with Crippen molar-refractivity contribution in [3.63, 3.8) is 0 Å². The second-order valence-electron chi connectivity index (χ2n) is 17.8. The van der Waals surface area contributed by atoms with E-state index in [2.05, 4.69) is 37.2 Å². The van der Waals surface area contributed by atoms with Gasteiger partial charge in [0.15, 0.2) is 0 Å². The monoisotopic (exact) mass is 1070 g/mol. The first-order chi connectivity index (χ1) is 37.0. The number of carbonyl (C=O) groups is 8. The summed E-state index contributed by atoms with van der Waals surface area (Å²) in [5.41, 5.74) is 23.7. The zero-order valence-electron chi connectivity index (χ0n) is 44.3. The molecule has 15 N–H and O–H groups in total. The van der Waals surface area contributed by atoms with E-state index in [0.717, 1.165) is 0 Å². The van der Waals surface area contributed by atoms with Crippen molar-refractivity contribution in [1.82, 2.24) is 16.0 Å². The van der Waals surface area contributed by atoms with E-state index in [0.29, 0.717) is 76.7 Å². The van der Waals surface area contributed by atoms with Crippen molar-refractivity contribution in [3.05, 3.63) is 95.1 Å². The maximum absolute atomic E-state index is 14.2. The number of carbonyl (C=O) groups excluding carboxylic acids is 8. The van der Waals surface area contributed by atoms with E-state index in [4.69, 9.17) is 41.9 Å². The number of hydrogen-bond acceptors (Lipinski definition) is 15. The Morgan fingerprint density at radius 3 is 0.961 bits per heavy atom. The minimum Gasteiger partial charge on any atom is -0.496 e. The number of amides is 8. The van der Waals surface area contributed by atoms with Crippen molar-refractivity contribution in [1.29, 1.82) is 0 Å². The van der Waals surface area contributed by atoms with Gasteiger partial charge in [-0.3, -0.25) is 38.4 Å². The van der Waals surface area contributed by atoms with Gasteiger partial charge in [0.2, 0.25) is 23.6 Å². The van der Waals surface area contributed by atoms with Crippen LogP contribution in [0, 0.1) is 0 Å². The quantitative estimate of drug-likeness (QED) is 0.0306. The Morgan fingerprint density at radius 1 is 0.403 bits per heavy atom. The molecule has 4 aromatic rings. The molecule has 0 aromatic heterocycles. The molecule has 4 aromatic carbocycles. The molecule has 0 aliphatic rings. The molecule has 8 amide bonds. The first-order valence-electron chi connectivity index (χ1n) is 25.3. The molecular weight excluding hydrogens is 995 g/mol. The third-order valence-corrected chi connectivity index (χ3v) is 12.1. The van der Waals surface area contributed by atoms with Crippen molar-refractivity contribution in [2.45, 2.75) is 95.7 Å². The number of unbranched alkanes of at least 4 members (excludes halogenated alkanes) is 5. The summed E-state index contributed by atoms with van der Waals surface area (Å²) in [7, 11) is 5.48. The summed E-state index contributed by atoms with van der Waals surface area (Å²) < 4.78 is 21.7. The van der Waals surface area contributed by atoms with Gasteiger partial charge in [-0.2, -0.15) is 0 Å². The van der Waals surface area contributed by atoms with E-state index < -0.39 is 59.5 Å². The zero-order chi connectivity index (χ0) is 56.4. The van der Waals surface area contributed by atoms with Crippen molar-refractivity contribution in [2.24, 2.45) is 22.9 Å². The standard InChI is InChI=1S/C54H73N11O12/c1-32(66)59-33-17-22-45(75-3)38(29-33)49(68)63-41(14-8-6-11-25-55)52(71)61-35-19-23-46(76-4)39(30-35)50(69)64-42(15-9-7-12-26-56)53(72)62-36-20-24-47(77-5)40(31-36)51(70)65-43(16-10-13-27-57)54(73)60-34-18-21-44(74-2)37(28-34)48(58)67/h17-24,28-31,41-43H,6-16,25-27,55-57H2,1-5H3,(H2,58,67)(H,59,66)(H,60,73)(H,61,71)(H,62,72)(H,63,68)(H,64,69)(H,65,70). The van der Waals surface area contributed by atoms with Gasteiger partial charge in [-0.1, -0.05) is 25.7 Å². The third-order valence-electron chi connectivity index (χ3n) is 12.1. The fourth-order valence-electron chi connectivity index (χ4n) is 8.11. The highest BCUT2D eigenvalue weighted by atomic mass is 16.5. The van der Waals surface area contributed by atoms with Crippen LogP contribution >= 0.6 is 0 Å². The second kappa shape index (κ2) is 31.6. The van der Waals surface area contributed by atoms with Crippen LogP contribution < -0.4 is 79.1 Å². The highest BCUT2D eigenvalue weighted by molar-refractivity contribution is 6.07. The van der Waals surface area contributed by atoms with Gasteiger partial charge >= 0.3 is 0 Å². The fraction of sp³-hybridized carbons (Fsp3) is 0.407. The predicted molar refractivity (Wildman–Crippen MR) is 292 cm³/mol. The molecule has 77 heavy (non-hydrogen) atoms. The Bertz CT molecular complexity index is 2700. The number of rotatable bonds is 32. The fourth-order valence-corrected chi connectivity index (χ4v) is 8.11. The average molecular weight is 1070 g/mol. The van der Waals surface area contributed by atoms with Crippen LogP contribution in [-0.2, 0) is 19.2 Å². The SMILES string of the molecule is COc1ccc(NC(=O)C(CCCCN)NC(=O)c2cc(NC(=O)C(CCCCCN)NC(=O)c3cc(NC(=O)C(CCCCCN)NC(=O)c4cc(NC(C)=O)ccc4OC)ccc3OC)ccc2OC)cc1C(N)=O. The molecule has 3 unspecified atom stereocenters. The number of benzene rings is 4. The summed E-state index contributed by atoms with van der Waals surface area (Å²) in [5.74, 6) is -4.32. The van der Waals surface area contributed by atoms with Gasteiger partial charge in [0.25, 0.3) is 23.6 Å². The lowest BCUT2D eigenvalue weighted by Crippen LogP contribution is -2.44. The maximum atomic E-state index is 14.2. The minimum absolute atomic E-state index is 0.0252. The molecule has 0 aliphatic heterocycles. The molecule has 0 saturated carbocycles. The summed E-state index contributed by atoms with van der Waals surface area (Å²) in [5, 5.41) is 19.3. The largest absolute Gasteiger partial charge is 0.496 e. The Hall–Kier alpha value is -8.28. The molecule has 0 saturated heterocycles. The normalized spacial score (nSPS) is 11.9. The number of ether oxygens (including phenoxy) is 4. The molecule has 0 radical (unpaired) electrons. The van der Waals surface area contributed by atoms with Gasteiger partial charge in [0.1, 0.15) is 41.1 Å². The smallest absolute Gasteiger partial charge is 0.255 e. The van der Waals surface area contributed by atoms with Gasteiger partial charge < -0.3 is 79.1 Å². The van der Waals surface area contributed by atoms with Gasteiger partial charge in [-0.15, -0.1) is 0 Å². The molecule has 4 rings (SSSR count). The van der Waals surface area contributed by atoms with E-state index in [1.54, 1.807) is 6.07 Å². The van der Waals surface area contributed by atoms with Gasteiger partial charge in [0, 0.05) is 29.7 Å². The number of methoxy groups -OCH3 is 4. The highest BCUT2D eigenvalue weighted by Crippen LogP contribution is 2.28. The van der Waals surface area contributed by atoms with Crippen molar-refractivity contribution >= 4 is 70.0 Å². The minimum atomic E-state index is -1.14. The van der Waals surface area contributed by atoms with E-state index in [9.17, 15) is 38.4 Å². The van der Waals surface area contributed by atoms with Crippen LogP contribution in [0.4, 0.5) is 22.7 Å². The molecule has 23 heteroatoms. The molecule has 23 nitrogen and oxygen atoms in total. The Morgan fingerprint density at radius 2 is 0.675 bits per heavy atom. The van der Waals surface area contributed by atoms with E-state index in [1.807, 2.05) is 0 Å². The molecule has 3 atom stereocenters. The van der Waals surface area contributed by atoms with Crippen molar-refractivity contribution in [3.8, 4) is 23.0 Å². The lowest BCUT2D eigenvalue weighted by molar-refractivity contribution is -0.118. The maximum Gasteiger partial charge on any atom is 0.255 e. The molecule has 0 spiro atoms. The van der Waals surface area contributed by atoms with Crippen LogP contribution in [0.25, 0.3) is 0 Å². The number of nitrogens with one attached hydrogen (secondary N) is 7. The molecule has 0 aliphatic carbocycles. The van der Waals surface area contributed by atoms with Crippen LogP contribution in [0.5, 0.6) is 23.0 Å². The Kier molecular flexibility index (Phi) is 25.1. The lowest BCUT2D eigenvalue weighted by atomic mass is 10.0. The number of hydrogen-bond donors (Lipinski definition) is 11. The molecular formula is C54H73N11O12. The van der Waals surface area contributed by atoms with Crippen molar-refractivity contribution in [2.75, 3.05) is 69.3 Å². The average Bonchev–Trinajstić information content (AvgIpc) is 3.42. The second-order valence-corrected chi connectivity index (χ2v) is 17.8. The van der Waals surface area contributed by atoms with E-state index in [1.165, 1.54) is 102 Å². The van der Waals surface area contributed by atoms with E-state index >= 15 is 0 Å². The predicted octanol–water partition coefficient (Wildman–Crippen LogP) is 4.16. The zero-order valence-corrected chi connectivity index (χ0v) is 44.3. The van der Waals surface area contributed by atoms with Crippen LogP contribution in [0.2, 0.25) is 0 Å². The van der Waals surface area contributed by atoms with Gasteiger partial charge in [-0.25, -0.2) is 0 Å². The number of nitrogens with two attached hydrogens (primary N) is 4. The van der Waals surface area contributed by atoms with Gasteiger partial charge in [-0.05, 0) is 137 Å². The molecule has 0 heterocycles. The Balaban J connectivity index is 1.57. The van der Waals surface area contributed by atoms with Crippen molar-refractivity contribution < 1.29 is 57.3 Å². The topological polar surface area (TPSA) is 362 Å². The lowest BCUT2D eigenvalue weighted by Gasteiger charge is -2.22. The van der Waals surface area contributed by atoms with Crippen LogP contribution in [0.1, 0.15) is 119 Å². The summed E-state index contributed by atoms with van der Waals surface area (Å²) in [6.07, 6.45) is 5.38. The first kappa shape index (κ1) is 61.3. The molecule has 0 bridgehead atoms. The summed E-state index contributed by atoms with van der Waals surface area (Å²) in [6.45, 7) is 2.54. The van der Waals surface area contributed by atoms with Gasteiger partial charge in [0.05, 0.1) is 50.7 Å². The van der Waals surface area contributed by atoms with E-state index in [-0.39, 0.29) is 87.5 Å². The number of primary amides is 1. The highest BCUT2D eigenvalue weighted by Gasteiger charge is 2.28. The Labute approximate surface area is 448 Å². The first-order valence-corrected chi connectivity index (χ1v) is 25.3. The summed E-state index contributed by atoms with van der Waals surface area (Å²) in [6, 6.07) is 14.3. The van der Waals surface area contributed by atoms with Crippen LogP contribution in [0.3, 0.4) is 0 Å².